The summed E-state index contributed by atoms with van der Waals surface area (Å²) in [6.45, 7) is 0.0211. The third-order valence-electron chi connectivity index (χ3n) is 5.42. The van der Waals surface area contributed by atoms with Crippen molar-refractivity contribution >= 4 is 78.9 Å². The number of nitrogens with two attached hydrogens (primary N) is 2. The van der Waals surface area contributed by atoms with Crippen molar-refractivity contribution in [1.29, 1.82) is 0 Å². The molecule has 0 atom stereocenters. The Kier molecular flexibility index (Phi) is 11.7. The Bertz CT molecular complexity index is 1950. The lowest BCUT2D eigenvalue weighted by molar-refractivity contribution is 0.251. The molecular formula is C25H22Cl3FN6O8S2. The Morgan fingerprint density at radius 2 is 1.60 bits per heavy atom. The molecule has 45 heavy (non-hydrogen) atoms. The van der Waals surface area contributed by atoms with Gasteiger partial charge in [0.25, 0.3) is 0 Å². The topological polar surface area (TPSA) is 237 Å². The quantitative estimate of drug-likeness (QED) is 0.102. The normalized spacial score (nSPS) is 11.2. The number of amides is 2. The molecule has 1 heterocycles. The van der Waals surface area contributed by atoms with Gasteiger partial charge in [-0.3, -0.25) is 9.11 Å². The number of hydrogen-bond donors (Lipinski definition) is 6. The predicted molar refractivity (Wildman–Crippen MR) is 167 cm³/mol. The molecular weight excluding hydrogens is 702 g/mol. The summed E-state index contributed by atoms with van der Waals surface area (Å²) in [5.41, 5.74) is 14.2. The second kappa shape index (κ2) is 14.9. The summed E-state index contributed by atoms with van der Waals surface area (Å²) in [5, 5.41) is 5.99. The van der Waals surface area contributed by atoms with E-state index in [1.807, 2.05) is 0 Å². The molecule has 240 valence electrons. The highest BCUT2D eigenvalue weighted by atomic mass is 35.5. The van der Waals surface area contributed by atoms with Gasteiger partial charge in [0.15, 0.2) is 0 Å². The largest absolute Gasteiger partial charge is 0.486 e. The number of nitrogens with zero attached hydrogens (tertiary/aromatic N) is 2. The van der Waals surface area contributed by atoms with E-state index in [0.29, 0.717) is 38.2 Å². The molecule has 0 fully saturated rings. The van der Waals surface area contributed by atoms with Crippen molar-refractivity contribution in [2.45, 2.75) is 18.0 Å². The van der Waals surface area contributed by atoms with Crippen LogP contribution in [-0.2, 0) is 33.8 Å². The average Bonchev–Trinajstić information content (AvgIpc) is 2.91. The van der Waals surface area contributed by atoms with Crippen LogP contribution >= 0.6 is 34.8 Å². The highest BCUT2D eigenvalue weighted by Crippen LogP contribution is 2.34. The fraction of sp³-hybridized carbons (Fsp3) is 0.0800. The number of hydrogen-bond acceptors (Lipinski definition) is 10. The summed E-state index contributed by atoms with van der Waals surface area (Å²) in [6, 6.07) is 14.0. The Hall–Kier alpha value is -3.97. The molecule has 0 aliphatic rings. The van der Waals surface area contributed by atoms with E-state index in [0.717, 1.165) is 12.1 Å². The van der Waals surface area contributed by atoms with Crippen molar-refractivity contribution < 1.29 is 39.4 Å². The van der Waals surface area contributed by atoms with Crippen LogP contribution in [0.2, 0.25) is 15.1 Å². The van der Waals surface area contributed by atoms with E-state index in [1.165, 1.54) is 12.1 Å². The van der Waals surface area contributed by atoms with E-state index in [2.05, 4.69) is 20.6 Å². The minimum absolute atomic E-state index is 0.0382. The minimum atomic E-state index is -4.90. The zero-order valence-corrected chi connectivity index (χ0v) is 26.3. The number of halogens is 4. The standard InChI is InChI=1S/C25H20Cl3FN6O4S.H2O4S/c26-17-6-5-14(9-18(17)27)22-20(34-24(31)35-23(22)30)12-39-21-7-4-13(8-19(21)28)11-32-25(36)33-15-2-1-3-16(10-15)40(29,37)38;1-5(2,3)4/h1-10H,11-12H2,(H2,32,33,36)(H4,30,31,34,35);(H2,1,2,3,4). The molecule has 0 saturated heterocycles. The van der Waals surface area contributed by atoms with Crippen molar-refractivity contribution in [3.63, 3.8) is 0 Å². The lowest BCUT2D eigenvalue weighted by atomic mass is 10.0. The van der Waals surface area contributed by atoms with Crippen LogP contribution in [0.5, 0.6) is 5.75 Å². The van der Waals surface area contributed by atoms with E-state index in [1.54, 1.807) is 36.4 Å². The van der Waals surface area contributed by atoms with Crippen LogP contribution in [0.3, 0.4) is 0 Å². The van der Waals surface area contributed by atoms with E-state index in [4.69, 9.17) is 68.5 Å². The predicted octanol–water partition coefficient (Wildman–Crippen LogP) is 5.17. The smallest absolute Gasteiger partial charge is 0.394 e. The van der Waals surface area contributed by atoms with Gasteiger partial charge in [-0.15, -0.1) is 3.89 Å². The SMILES string of the molecule is Nc1nc(N)c(-c2ccc(Cl)c(Cl)c2)c(COc2ccc(CNC(=O)Nc3cccc(S(=O)(=O)F)c3)cc2Cl)n1.O=S(=O)(O)O. The lowest BCUT2D eigenvalue weighted by Gasteiger charge is -2.15. The minimum Gasteiger partial charge on any atom is -0.486 e. The van der Waals surface area contributed by atoms with Crippen LogP contribution in [0.4, 0.5) is 26.1 Å². The average molecular weight is 724 g/mol. The van der Waals surface area contributed by atoms with Crippen LogP contribution in [0.25, 0.3) is 11.1 Å². The molecule has 0 saturated carbocycles. The van der Waals surface area contributed by atoms with Gasteiger partial charge in [0.1, 0.15) is 23.1 Å². The Morgan fingerprint density at radius 1 is 0.911 bits per heavy atom. The lowest BCUT2D eigenvalue weighted by Crippen LogP contribution is -2.28. The van der Waals surface area contributed by atoms with Crippen LogP contribution in [0.1, 0.15) is 11.3 Å². The van der Waals surface area contributed by atoms with E-state index < -0.39 is 31.5 Å². The van der Waals surface area contributed by atoms with Gasteiger partial charge >= 0.3 is 26.7 Å². The number of carbonyl (C=O) groups is 1. The monoisotopic (exact) mass is 722 g/mol. The first-order valence-electron chi connectivity index (χ1n) is 12.0. The van der Waals surface area contributed by atoms with Crippen LogP contribution < -0.4 is 26.8 Å². The molecule has 8 N–H and O–H groups in total. The maximum atomic E-state index is 13.2. The maximum absolute atomic E-state index is 13.2. The molecule has 0 bridgehead atoms. The maximum Gasteiger partial charge on any atom is 0.394 e. The van der Waals surface area contributed by atoms with Crippen molar-refractivity contribution in [3.8, 4) is 16.9 Å². The summed E-state index contributed by atoms with van der Waals surface area (Å²) >= 11 is 18.6. The van der Waals surface area contributed by atoms with Gasteiger partial charge in [0.2, 0.25) is 5.95 Å². The first-order chi connectivity index (χ1) is 20.9. The molecule has 0 unspecified atom stereocenters. The highest BCUT2D eigenvalue weighted by Gasteiger charge is 2.17. The molecule has 14 nitrogen and oxygen atoms in total. The van der Waals surface area contributed by atoms with Gasteiger partial charge in [0.05, 0.1) is 20.8 Å². The molecule has 1 aromatic heterocycles. The van der Waals surface area contributed by atoms with Crippen molar-refractivity contribution in [2.24, 2.45) is 0 Å². The third kappa shape index (κ3) is 11.2. The Balaban J connectivity index is 0.00000102. The third-order valence-corrected chi connectivity index (χ3v) is 7.28. The Labute approximate surface area is 271 Å². The number of nitrogens with one attached hydrogen (secondary N) is 2. The first-order valence-corrected chi connectivity index (χ1v) is 15.9. The fourth-order valence-electron chi connectivity index (χ4n) is 3.62. The number of anilines is 3. The summed E-state index contributed by atoms with van der Waals surface area (Å²) in [5.74, 6) is 0.423. The molecule has 0 spiro atoms. The number of nitrogen functional groups attached to an aromatic ring is 2. The van der Waals surface area contributed by atoms with Gasteiger partial charge in [-0.1, -0.05) is 53.0 Å². The van der Waals surface area contributed by atoms with E-state index in [9.17, 15) is 17.1 Å². The number of benzene rings is 3. The summed E-state index contributed by atoms with van der Waals surface area (Å²) in [6.07, 6.45) is 0. The second-order valence-electron chi connectivity index (χ2n) is 8.69. The van der Waals surface area contributed by atoms with Crippen LogP contribution in [0.15, 0.2) is 65.6 Å². The molecule has 3 aromatic carbocycles. The van der Waals surface area contributed by atoms with Crippen LogP contribution in [-0.4, -0.2) is 41.9 Å². The van der Waals surface area contributed by atoms with Gasteiger partial charge < -0.3 is 26.8 Å². The zero-order valence-electron chi connectivity index (χ0n) is 22.4. The highest BCUT2D eigenvalue weighted by molar-refractivity contribution is 7.86. The van der Waals surface area contributed by atoms with Gasteiger partial charge in [-0.2, -0.15) is 21.8 Å². The molecule has 2 amide bonds. The van der Waals surface area contributed by atoms with Crippen molar-refractivity contribution in [2.75, 3.05) is 16.8 Å². The van der Waals surface area contributed by atoms with Gasteiger partial charge in [-0.25, -0.2) is 9.78 Å². The number of carbonyl (C=O) groups excluding carboxylic acids is 1. The number of aromatic nitrogens is 2. The summed E-state index contributed by atoms with van der Waals surface area (Å²) < 4.78 is 72.8. The number of rotatable bonds is 8. The molecule has 0 aliphatic carbocycles. The number of ether oxygens (including phenoxy) is 1. The first kappa shape index (κ1) is 35.5. The summed E-state index contributed by atoms with van der Waals surface area (Å²) in [7, 11) is -9.57. The summed E-state index contributed by atoms with van der Waals surface area (Å²) in [4.78, 5) is 20.0. The molecule has 0 aliphatic heterocycles. The van der Waals surface area contributed by atoms with E-state index >= 15 is 0 Å². The van der Waals surface area contributed by atoms with Crippen LogP contribution in [0, 0.1) is 0 Å². The zero-order chi connectivity index (χ0) is 33.5. The molecule has 4 rings (SSSR count). The van der Waals surface area contributed by atoms with Crippen molar-refractivity contribution in [1.82, 2.24) is 15.3 Å². The van der Waals surface area contributed by atoms with Crippen molar-refractivity contribution in [3.05, 3.63) is 87.0 Å². The fourth-order valence-corrected chi connectivity index (χ4v) is 4.68. The number of urea groups is 1. The second-order valence-corrected chi connectivity index (χ2v) is 12.2. The van der Waals surface area contributed by atoms with Gasteiger partial charge in [0, 0.05) is 17.8 Å². The molecule has 20 heteroatoms. The Morgan fingerprint density at radius 3 is 2.22 bits per heavy atom. The molecule has 0 radical (unpaired) electrons. The van der Waals surface area contributed by atoms with E-state index in [-0.39, 0.29) is 35.6 Å². The molecule has 4 aromatic rings. The van der Waals surface area contributed by atoms with Gasteiger partial charge in [-0.05, 0) is 53.6 Å².